The molecule has 1 aliphatic carbocycles. The molecule has 0 fully saturated rings. The number of fused-ring (bicyclic) bond motifs is 1. The third kappa shape index (κ3) is 4.30. The van der Waals surface area contributed by atoms with Crippen LogP contribution in [0.5, 0.6) is 5.75 Å². The van der Waals surface area contributed by atoms with Crippen LogP contribution < -0.4 is 10.1 Å². The molecule has 4 heteroatoms. The third-order valence-corrected chi connectivity index (χ3v) is 4.69. The molecule has 0 radical (unpaired) electrons. The van der Waals surface area contributed by atoms with Crippen molar-refractivity contribution in [1.29, 1.82) is 0 Å². The highest BCUT2D eigenvalue weighted by Gasteiger charge is 2.14. The predicted molar refractivity (Wildman–Crippen MR) is 96.6 cm³/mol. The fourth-order valence-corrected chi connectivity index (χ4v) is 3.19. The Bertz CT molecular complexity index is 712. The number of hydrogen-bond donors (Lipinski definition) is 1. The molecular formula is C20H22ClNO2. The number of hydrogen-bond acceptors (Lipinski definition) is 2. The lowest BCUT2D eigenvalue weighted by Gasteiger charge is -2.20. The second-order valence-electron chi connectivity index (χ2n) is 6.27. The van der Waals surface area contributed by atoms with Gasteiger partial charge in [-0.15, -0.1) is 0 Å². The van der Waals surface area contributed by atoms with Crippen molar-refractivity contribution < 1.29 is 9.53 Å². The monoisotopic (exact) mass is 343 g/mol. The molecule has 0 unspecified atom stereocenters. The second kappa shape index (κ2) is 7.71. The van der Waals surface area contributed by atoms with Gasteiger partial charge in [-0.3, -0.25) is 4.79 Å². The zero-order valence-electron chi connectivity index (χ0n) is 13.8. The summed E-state index contributed by atoms with van der Waals surface area (Å²) in [7, 11) is 0. The van der Waals surface area contributed by atoms with E-state index >= 15 is 0 Å². The molecule has 1 amide bonds. The van der Waals surface area contributed by atoms with Crippen molar-refractivity contribution in [2.24, 2.45) is 0 Å². The van der Waals surface area contributed by atoms with Crippen LogP contribution in [0.3, 0.4) is 0 Å². The molecule has 0 bridgehead atoms. The first-order valence-electron chi connectivity index (χ1n) is 8.41. The van der Waals surface area contributed by atoms with E-state index in [9.17, 15) is 4.79 Å². The molecule has 126 valence electrons. The van der Waals surface area contributed by atoms with E-state index in [-0.39, 0.29) is 18.6 Å². The van der Waals surface area contributed by atoms with E-state index in [1.165, 1.54) is 30.4 Å². The molecule has 0 saturated carbocycles. The van der Waals surface area contributed by atoms with Gasteiger partial charge in [0.25, 0.3) is 5.91 Å². The zero-order chi connectivity index (χ0) is 16.9. The van der Waals surface area contributed by atoms with Crippen molar-refractivity contribution in [3.63, 3.8) is 0 Å². The molecule has 2 aromatic rings. The smallest absolute Gasteiger partial charge is 0.258 e. The van der Waals surface area contributed by atoms with Gasteiger partial charge in [-0.1, -0.05) is 29.8 Å². The van der Waals surface area contributed by atoms with Crippen molar-refractivity contribution in [2.45, 2.75) is 38.6 Å². The number of nitrogens with one attached hydrogen (secondary N) is 1. The molecule has 1 aliphatic rings. The van der Waals surface area contributed by atoms with Crippen LogP contribution in [0, 0.1) is 0 Å². The Morgan fingerprint density at radius 3 is 2.58 bits per heavy atom. The average Bonchev–Trinajstić information content (AvgIpc) is 2.61. The Morgan fingerprint density at radius 2 is 1.83 bits per heavy atom. The van der Waals surface area contributed by atoms with Gasteiger partial charge in [-0.2, -0.15) is 0 Å². The number of rotatable bonds is 5. The van der Waals surface area contributed by atoms with Crippen molar-refractivity contribution in [3.05, 3.63) is 64.2 Å². The Balaban J connectivity index is 1.55. The van der Waals surface area contributed by atoms with Crippen molar-refractivity contribution in [1.82, 2.24) is 5.32 Å². The van der Waals surface area contributed by atoms with Crippen molar-refractivity contribution in [2.75, 3.05) is 6.61 Å². The Hall–Kier alpha value is -2.00. The molecule has 0 aromatic heterocycles. The second-order valence-corrected chi connectivity index (χ2v) is 6.70. The normalized spacial score (nSPS) is 14.6. The van der Waals surface area contributed by atoms with E-state index in [0.29, 0.717) is 10.8 Å². The van der Waals surface area contributed by atoms with Gasteiger partial charge < -0.3 is 10.1 Å². The summed E-state index contributed by atoms with van der Waals surface area (Å²) in [5.41, 5.74) is 4.03. The van der Waals surface area contributed by atoms with Gasteiger partial charge >= 0.3 is 0 Å². The summed E-state index contributed by atoms with van der Waals surface area (Å²) >= 11 is 5.83. The van der Waals surface area contributed by atoms with E-state index < -0.39 is 0 Å². The number of amides is 1. The third-order valence-electron chi connectivity index (χ3n) is 4.43. The standard InChI is InChI=1S/C20H22ClNO2/c1-14(16-7-6-15-4-2-3-5-17(15)12-16)22-20(23)13-24-19-10-8-18(21)9-11-19/h6-12,14H,2-5,13H2,1H3,(H,22,23)/t14-/m0/s1. The molecule has 2 aromatic carbocycles. The van der Waals surface area contributed by atoms with E-state index in [4.69, 9.17) is 16.3 Å². The largest absolute Gasteiger partial charge is 0.484 e. The number of carbonyl (C=O) groups excluding carboxylic acids is 1. The Labute approximate surface area is 148 Å². The highest BCUT2D eigenvalue weighted by atomic mass is 35.5. The van der Waals surface area contributed by atoms with Crippen LogP contribution in [0.15, 0.2) is 42.5 Å². The lowest BCUT2D eigenvalue weighted by atomic mass is 9.89. The minimum Gasteiger partial charge on any atom is -0.484 e. The summed E-state index contributed by atoms with van der Waals surface area (Å²) < 4.78 is 5.48. The van der Waals surface area contributed by atoms with Gasteiger partial charge in [0.15, 0.2) is 6.61 Å². The van der Waals surface area contributed by atoms with Crippen molar-refractivity contribution >= 4 is 17.5 Å². The fraction of sp³-hybridized carbons (Fsp3) is 0.350. The van der Waals surface area contributed by atoms with Crippen molar-refractivity contribution in [3.8, 4) is 5.75 Å². The van der Waals surface area contributed by atoms with Gasteiger partial charge in [0, 0.05) is 5.02 Å². The van der Waals surface area contributed by atoms with Gasteiger partial charge in [0.05, 0.1) is 6.04 Å². The van der Waals surface area contributed by atoms with Gasteiger partial charge in [-0.05, 0) is 73.6 Å². The first-order valence-corrected chi connectivity index (χ1v) is 8.79. The van der Waals surface area contributed by atoms with Crippen LogP contribution >= 0.6 is 11.6 Å². The summed E-state index contributed by atoms with van der Waals surface area (Å²) in [5, 5.41) is 3.64. The van der Waals surface area contributed by atoms with Crippen LogP contribution in [0.2, 0.25) is 5.02 Å². The molecule has 0 spiro atoms. The predicted octanol–water partition coefficient (Wildman–Crippen LogP) is 4.48. The van der Waals surface area contributed by atoms with Gasteiger partial charge in [-0.25, -0.2) is 0 Å². The highest BCUT2D eigenvalue weighted by Crippen LogP contribution is 2.24. The van der Waals surface area contributed by atoms with Gasteiger partial charge in [0.2, 0.25) is 0 Å². The maximum Gasteiger partial charge on any atom is 0.258 e. The molecule has 0 saturated heterocycles. The molecule has 0 heterocycles. The molecule has 3 nitrogen and oxygen atoms in total. The zero-order valence-corrected chi connectivity index (χ0v) is 14.6. The van der Waals surface area contributed by atoms with E-state index in [1.54, 1.807) is 24.3 Å². The molecule has 1 N–H and O–H groups in total. The fourth-order valence-electron chi connectivity index (χ4n) is 3.07. The first-order chi connectivity index (χ1) is 11.6. The van der Waals surface area contributed by atoms with Crippen LogP contribution in [0.25, 0.3) is 0 Å². The number of ether oxygens (including phenoxy) is 1. The minimum atomic E-state index is -0.129. The average molecular weight is 344 g/mol. The van der Waals surface area contributed by atoms with E-state index in [2.05, 4.69) is 23.5 Å². The summed E-state index contributed by atoms with van der Waals surface area (Å²) in [6.07, 6.45) is 4.85. The molecule has 1 atom stereocenters. The lowest BCUT2D eigenvalue weighted by molar-refractivity contribution is -0.123. The molecule has 0 aliphatic heterocycles. The van der Waals surface area contributed by atoms with Crippen LogP contribution in [-0.4, -0.2) is 12.5 Å². The van der Waals surface area contributed by atoms with Crippen LogP contribution in [-0.2, 0) is 17.6 Å². The number of benzene rings is 2. The maximum absolute atomic E-state index is 12.1. The number of halogens is 1. The Morgan fingerprint density at radius 1 is 1.12 bits per heavy atom. The quantitative estimate of drug-likeness (QED) is 0.869. The Kier molecular flexibility index (Phi) is 5.41. The maximum atomic E-state index is 12.1. The number of carbonyl (C=O) groups is 1. The summed E-state index contributed by atoms with van der Waals surface area (Å²) in [4.78, 5) is 12.1. The van der Waals surface area contributed by atoms with Gasteiger partial charge in [0.1, 0.15) is 5.75 Å². The van der Waals surface area contributed by atoms with E-state index in [0.717, 1.165) is 12.0 Å². The molecule has 3 rings (SSSR count). The lowest BCUT2D eigenvalue weighted by Crippen LogP contribution is -2.31. The SMILES string of the molecule is C[C@H](NC(=O)COc1ccc(Cl)cc1)c1ccc2c(c1)CCCC2. The summed E-state index contributed by atoms with van der Waals surface area (Å²) in [5.74, 6) is 0.506. The topological polar surface area (TPSA) is 38.3 Å². The van der Waals surface area contributed by atoms with Crippen LogP contribution in [0.4, 0.5) is 0 Å². The summed E-state index contributed by atoms with van der Waals surface area (Å²) in [6, 6.07) is 13.5. The van der Waals surface area contributed by atoms with E-state index in [1.807, 2.05) is 6.92 Å². The molecule has 24 heavy (non-hydrogen) atoms. The minimum absolute atomic E-state index is 0.00306. The summed E-state index contributed by atoms with van der Waals surface area (Å²) in [6.45, 7) is 2.00. The first kappa shape index (κ1) is 16.8. The highest BCUT2D eigenvalue weighted by molar-refractivity contribution is 6.30. The van der Waals surface area contributed by atoms with Crippen LogP contribution in [0.1, 0.15) is 42.5 Å². The number of aryl methyl sites for hydroxylation is 2. The molecular weight excluding hydrogens is 322 g/mol.